The lowest BCUT2D eigenvalue weighted by Gasteiger charge is -2.20. The summed E-state index contributed by atoms with van der Waals surface area (Å²) in [6.45, 7) is 3.58. The fourth-order valence-electron chi connectivity index (χ4n) is 1.60. The zero-order chi connectivity index (χ0) is 14.6. The summed E-state index contributed by atoms with van der Waals surface area (Å²) >= 11 is 5.66. The predicted octanol–water partition coefficient (Wildman–Crippen LogP) is 2.27. The molecule has 0 fully saturated rings. The molecule has 1 aromatic carbocycles. The highest BCUT2D eigenvalue weighted by Crippen LogP contribution is 2.22. The van der Waals surface area contributed by atoms with Crippen molar-refractivity contribution in [2.24, 2.45) is 5.92 Å². The SMILES string of the molecule is CCC(C)[C@H](NC(=O)c1ccc(Cl)cc1O)C(=O)O. The van der Waals surface area contributed by atoms with Crippen molar-refractivity contribution in [1.29, 1.82) is 0 Å². The Labute approximate surface area is 116 Å². The van der Waals surface area contributed by atoms with Gasteiger partial charge in [-0.3, -0.25) is 4.79 Å². The van der Waals surface area contributed by atoms with Crippen LogP contribution in [0.15, 0.2) is 18.2 Å². The van der Waals surface area contributed by atoms with E-state index in [4.69, 9.17) is 16.7 Å². The molecule has 0 aliphatic carbocycles. The first-order valence-electron chi connectivity index (χ1n) is 5.89. The molecule has 0 spiro atoms. The first-order chi connectivity index (χ1) is 8.86. The molecule has 1 unspecified atom stereocenters. The van der Waals surface area contributed by atoms with Gasteiger partial charge >= 0.3 is 5.97 Å². The summed E-state index contributed by atoms with van der Waals surface area (Å²) in [5.74, 6) is -2.23. The average Bonchev–Trinajstić information content (AvgIpc) is 2.34. The van der Waals surface area contributed by atoms with E-state index in [0.29, 0.717) is 11.4 Å². The average molecular weight is 286 g/mol. The molecule has 0 heterocycles. The van der Waals surface area contributed by atoms with Gasteiger partial charge in [-0.1, -0.05) is 31.9 Å². The largest absolute Gasteiger partial charge is 0.507 e. The van der Waals surface area contributed by atoms with Crippen molar-refractivity contribution in [2.45, 2.75) is 26.3 Å². The molecule has 0 bridgehead atoms. The lowest BCUT2D eigenvalue weighted by atomic mass is 9.99. The fourth-order valence-corrected chi connectivity index (χ4v) is 1.77. The van der Waals surface area contributed by atoms with E-state index in [1.54, 1.807) is 6.92 Å². The molecule has 1 amide bonds. The summed E-state index contributed by atoms with van der Waals surface area (Å²) in [4.78, 5) is 23.0. The van der Waals surface area contributed by atoms with Crippen LogP contribution in [0.2, 0.25) is 5.02 Å². The minimum atomic E-state index is -1.10. The van der Waals surface area contributed by atoms with Crippen LogP contribution >= 0.6 is 11.6 Å². The molecule has 1 aromatic rings. The smallest absolute Gasteiger partial charge is 0.326 e. The van der Waals surface area contributed by atoms with Crippen molar-refractivity contribution < 1.29 is 19.8 Å². The summed E-state index contributed by atoms with van der Waals surface area (Å²) in [6.07, 6.45) is 0.615. The Bertz CT molecular complexity index is 490. The van der Waals surface area contributed by atoms with E-state index in [1.165, 1.54) is 18.2 Å². The highest BCUT2D eigenvalue weighted by Gasteiger charge is 2.26. The normalized spacial score (nSPS) is 13.6. The molecule has 0 aliphatic rings. The van der Waals surface area contributed by atoms with Gasteiger partial charge in [0.15, 0.2) is 0 Å². The monoisotopic (exact) mass is 285 g/mol. The molecule has 5 nitrogen and oxygen atoms in total. The Morgan fingerprint density at radius 1 is 1.42 bits per heavy atom. The highest BCUT2D eigenvalue weighted by atomic mass is 35.5. The molecule has 0 radical (unpaired) electrons. The van der Waals surface area contributed by atoms with Crippen LogP contribution in [0.1, 0.15) is 30.6 Å². The first-order valence-corrected chi connectivity index (χ1v) is 6.26. The number of hydrogen-bond acceptors (Lipinski definition) is 3. The number of benzene rings is 1. The van der Waals surface area contributed by atoms with E-state index in [0.717, 1.165) is 0 Å². The second-order valence-electron chi connectivity index (χ2n) is 4.34. The third-order valence-corrected chi connectivity index (χ3v) is 3.21. The van der Waals surface area contributed by atoms with Crippen LogP contribution in [-0.2, 0) is 4.79 Å². The van der Waals surface area contributed by atoms with Gasteiger partial charge in [-0.15, -0.1) is 0 Å². The van der Waals surface area contributed by atoms with Crippen LogP contribution in [0.4, 0.5) is 0 Å². The Morgan fingerprint density at radius 3 is 2.53 bits per heavy atom. The third-order valence-electron chi connectivity index (χ3n) is 2.97. The van der Waals surface area contributed by atoms with Crippen molar-refractivity contribution in [3.63, 3.8) is 0 Å². The van der Waals surface area contributed by atoms with Crippen LogP contribution in [-0.4, -0.2) is 28.1 Å². The quantitative estimate of drug-likeness (QED) is 0.774. The number of carboxylic acid groups (broad SMARTS) is 1. The lowest BCUT2D eigenvalue weighted by molar-refractivity contribution is -0.140. The zero-order valence-electron chi connectivity index (χ0n) is 10.7. The Morgan fingerprint density at radius 2 is 2.05 bits per heavy atom. The van der Waals surface area contributed by atoms with Crippen molar-refractivity contribution >= 4 is 23.5 Å². The number of nitrogens with one attached hydrogen (secondary N) is 1. The first kappa shape index (κ1) is 15.3. The molecule has 0 aromatic heterocycles. The molecule has 0 saturated heterocycles. The maximum atomic E-state index is 11.9. The van der Waals surface area contributed by atoms with Gasteiger partial charge in [0.05, 0.1) is 5.56 Å². The van der Waals surface area contributed by atoms with Gasteiger partial charge in [-0.2, -0.15) is 0 Å². The van der Waals surface area contributed by atoms with Crippen molar-refractivity contribution in [3.05, 3.63) is 28.8 Å². The van der Waals surface area contributed by atoms with E-state index in [2.05, 4.69) is 5.32 Å². The summed E-state index contributed by atoms with van der Waals surface area (Å²) < 4.78 is 0. The number of carbonyl (C=O) groups excluding carboxylic acids is 1. The predicted molar refractivity (Wildman–Crippen MR) is 71.5 cm³/mol. The number of amides is 1. The molecule has 104 valence electrons. The number of carbonyl (C=O) groups is 2. The number of carboxylic acids is 1. The van der Waals surface area contributed by atoms with E-state index in [1.807, 2.05) is 6.92 Å². The lowest BCUT2D eigenvalue weighted by Crippen LogP contribution is -2.45. The second kappa shape index (κ2) is 6.43. The maximum Gasteiger partial charge on any atom is 0.326 e. The van der Waals surface area contributed by atoms with E-state index >= 15 is 0 Å². The van der Waals surface area contributed by atoms with Crippen LogP contribution in [0, 0.1) is 5.92 Å². The van der Waals surface area contributed by atoms with Gasteiger partial charge in [0.25, 0.3) is 5.91 Å². The molecular formula is C13H16ClNO4. The number of phenolic OH excluding ortho intramolecular Hbond substituents is 1. The minimum absolute atomic E-state index is 0.000969. The van der Waals surface area contributed by atoms with Gasteiger partial charge in [0.1, 0.15) is 11.8 Å². The van der Waals surface area contributed by atoms with Crippen LogP contribution in [0.25, 0.3) is 0 Å². The molecule has 1 rings (SSSR count). The summed E-state index contributed by atoms with van der Waals surface area (Å²) in [5, 5.41) is 21.4. The number of aromatic hydroxyl groups is 1. The van der Waals surface area contributed by atoms with Gasteiger partial charge in [-0.05, 0) is 24.1 Å². The van der Waals surface area contributed by atoms with Crippen molar-refractivity contribution in [2.75, 3.05) is 0 Å². The molecular weight excluding hydrogens is 270 g/mol. The Hall–Kier alpha value is -1.75. The number of hydrogen-bond donors (Lipinski definition) is 3. The molecule has 19 heavy (non-hydrogen) atoms. The molecule has 0 saturated carbocycles. The topological polar surface area (TPSA) is 86.6 Å². The Kier molecular flexibility index (Phi) is 5.18. The van der Waals surface area contributed by atoms with Crippen molar-refractivity contribution in [1.82, 2.24) is 5.32 Å². The van der Waals surface area contributed by atoms with Crippen LogP contribution in [0.3, 0.4) is 0 Å². The number of halogens is 1. The van der Waals surface area contributed by atoms with Crippen LogP contribution < -0.4 is 5.32 Å². The summed E-state index contributed by atoms with van der Waals surface area (Å²) in [7, 11) is 0. The maximum absolute atomic E-state index is 11.9. The van der Waals surface area contributed by atoms with E-state index < -0.39 is 17.9 Å². The van der Waals surface area contributed by atoms with Gasteiger partial charge in [0, 0.05) is 5.02 Å². The minimum Gasteiger partial charge on any atom is -0.507 e. The van der Waals surface area contributed by atoms with Gasteiger partial charge in [-0.25, -0.2) is 4.79 Å². The summed E-state index contributed by atoms with van der Waals surface area (Å²) in [6, 6.07) is 3.04. The van der Waals surface area contributed by atoms with Crippen molar-refractivity contribution in [3.8, 4) is 5.75 Å². The number of aliphatic carboxylic acids is 1. The third kappa shape index (κ3) is 3.86. The van der Waals surface area contributed by atoms with E-state index in [-0.39, 0.29) is 17.2 Å². The standard InChI is InChI=1S/C13H16ClNO4/c1-3-7(2)11(13(18)19)15-12(17)9-5-4-8(14)6-10(9)16/h4-7,11,16H,3H2,1-2H3,(H,15,17)(H,18,19)/t7?,11-/m0/s1. The summed E-state index contributed by atoms with van der Waals surface area (Å²) in [5.41, 5.74) is -0.000969. The van der Waals surface area contributed by atoms with Gasteiger partial charge < -0.3 is 15.5 Å². The van der Waals surface area contributed by atoms with Crippen LogP contribution in [0.5, 0.6) is 5.75 Å². The molecule has 2 atom stereocenters. The molecule has 3 N–H and O–H groups in total. The fraction of sp³-hybridized carbons (Fsp3) is 0.385. The highest BCUT2D eigenvalue weighted by molar-refractivity contribution is 6.30. The van der Waals surface area contributed by atoms with E-state index in [9.17, 15) is 14.7 Å². The molecule has 6 heteroatoms. The Balaban J connectivity index is 2.91. The molecule has 0 aliphatic heterocycles. The zero-order valence-corrected chi connectivity index (χ0v) is 11.4. The van der Waals surface area contributed by atoms with Gasteiger partial charge in [0.2, 0.25) is 0 Å². The number of phenols is 1. The number of rotatable bonds is 5. The second-order valence-corrected chi connectivity index (χ2v) is 4.77.